The lowest BCUT2D eigenvalue weighted by molar-refractivity contribution is 0.154. The lowest BCUT2D eigenvalue weighted by Crippen LogP contribution is -2.35. The Balaban J connectivity index is 1.72. The van der Waals surface area contributed by atoms with Crippen LogP contribution >= 0.6 is 0 Å². The maximum absolute atomic E-state index is 9.95. The van der Waals surface area contributed by atoms with Gasteiger partial charge in [0.15, 0.2) is 0 Å². The maximum Gasteiger partial charge on any atom is 0.240 e. The molecule has 2 bridgehead atoms. The van der Waals surface area contributed by atoms with Gasteiger partial charge in [-0.1, -0.05) is 0 Å². The van der Waals surface area contributed by atoms with E-state index in [0.29, 0.717) is 31.5 Å². The highest BCUT2D eigenvalue weighted by Gasteiger charge is 2.25. The third-order valence-corrected chi connectivity index (χ3v) is 6.90. The van der Waals surface area contributed by atoms with Crippen molar-refractivity contribution in [3.05, 3.63) is 34.9 Å². The van der Waals surface area contributed by atoms with Gasteiger partial charge in [-0.3, -0.25) is 19.7 Å². The number of aliphatic hydroxyl groups excluding tert-OH is 1. The van der Waals surface area contributed by atoms with Crippen LogP contribution in [-0.2, 0) is 13.6 Å². The molecule has 5 rings (SSSR count). The Bertz CT molecular complexity index is 1450. The van der Waals surface area contributed by atoms with E-state index in [4.69, 9.17) is 19.6 Å². The first-order valence-electron chi connectivity index (χ1n) is 12.6. The van der Waals surface area contributed by atoms with E-state index in [2.05, 4.69) is 34.2 Å². The van der Waals surface area contributed by atoms with Gasteiger partial charge >= 0.3 is 0 Å². The van der Waals surface area contributed by atoms with Gasteiger partial charge in [-0.05, 0) is 53.0 Å². The molecule has 0 fully saturated rings. The highest BCUT2D eigenvalue weighted by Crippen LogP contribution is 2.35. The van der Waals surface area contributed by atoms with E-state index in [-0.39, 0.29) is 18.7 Å². The van der Waals surface area contributed by atoms with E-state index in [0.717, 1.165) is 44.8 Å². The molecule has 1 aliphatic heterocycles. The molecule has 0 unspecified atom stereocenters. The van der Waals surface area contributed by atoms with Crippen LogP contribution in [0.3, 0.4) is 0 Å². The largest absolute Gasteiger partial charge is 0.476 e. The van der Waals surface area contributed by atoms with Gasteiger partial charge in [-0.25, -0.2) is 4.68 Å². The molecular weight excluding hydrogens is 472 g/mol. The molecule has 2 atom stereocenters. The van der Waals surface area contributed by atoms with Crippen molar-refractivity contribution < 1.29 is 14.6 Å². The number of rotatable bonds is 4. The summed E-state index contributed by atoms with van der Waals surface area (Å²) in [6.45, 7) is 9.45. The zero-order valence-electron chi connectivity index (χ0n) is 22.2. The Kier molecular flexibility index (Phi) is 6.74. The van der Waals surface area contributed by atoms with Gasteiger partial charge in [0.05, 0.1) is 64.9 Å². The molecule has 37 heavy (non-hydrogen) atoms. The molecule has 4 aromatic rings. The molecule has 11 heteroatoms. The fraction of sp³-hybridized carbons (Fsp3) is 0.462. The zero-order chi connectivity index (χ0) is 26.3. The van der Waals surface area contributed by atoms with Crippen LogP contribution in [0.1, 0.15) is 49.5 Å². The van der Waals surface area contributed by atoms with Gasteiger partial charge in [0.1, 0.15) is 6.61 Å². The summed E-state index contributed by atoms with van der Waals surface area (Å²) in [4.78, 5) is 6.90. The second kappa shape index (κ2) is 9.98. The molecule has 5 heterocycles. The zero-order valence-corrected chi connectivity index (χ0v) is 22.2. The SMILES string of the molecule is CCOc1nn([C@@H](C)CO)c2c1/C=C/c1n[nH]c3cnc(cc13)-c1c(C)nn(C)c1OC[C@@H](C)N(C)C2. The number of aliphatic hydroxyl groups is 1. The summed E-state index contributed by atoms with van der Waals surface area (Å²) in [6, 6.07) is 1.88. The van der Waals surface area contributed by atoms with Gasteiger partial charge in [0.2, 0.25) is 11.8 Å². The molecule has 0 amide bonds. The summed E-state index contributed by atoms with van der Waals surface area (Å²) in [5.74, 6) is 1.21. The third kappa shape index (κ3) is 4.49. The number of hydrogen-bond acceptors (Lipinski definition) is 8. The number of fused-ring (bicyclic) bond motifs is 4. The minimum Gasteiger partial charge on any atom is -0.476 e. The highest BCUT2D eigenvalue weighted by molar-refractivity contribution is 5.92. The summed E-state index contributed by atoms with van der Waals surface area (Å²) >= 11 is 0. The molecule has 2 N–H and O–H groups in total. The number of aromatic amines is 1. The Morgan fingerprint density at radius 1 is 1.27 bits per heavy atom. The van der Waals surface area contributed by atoms with E-state index in [9.17, 15) is 5.11 Å². The van der Waals surface area contributed by atoms with Crippen molar-refractivity contribution in [1.82, 2.24) is 39.6 Å². The van der Waals surface area contributed by atoms with Crippen molar-refractivity contribution in [3.63, 3.8) is 0 Å². The predicted molar refractivity (Wildman–Crippen MR) is 141 cm³/mol. The molecule has 1 aliphatic rings. The molecule has 0 aromatic carbocycles. The second-order valence-corrected chi connectivity index (χ2v) is 9.60. The van der Waals surface area contributed by atoms with Gasteiger partial charge < -0.3 is 14.6 Å². The lowest BCUT2D eigenvalue weighted by atomic mass is 10.1. The van der Waals surface area contributed by atoms with E-state index < -0.39 is 0 Å². The quantitative estimate of drug-likeness (QED) is 0.433. The molecule has 4 aromatic heterocycles. The summed E-state index contributed by atoms with van der Waals surface area (Å²) in [5, 5.41) is 27.8. The van der Waals surface area contributed by atoms with Crippen molar-refractivity contribution >= 4 is 23.1 Å². The number of nitrogens with zero attached hydrogens (tertiary/aromatic N) is 7. The Labute approximate surface area is 215 Å². The van der Waals surface area contributed by atoms with Crippen molar-refractivity contribution in [2.45, 2.75) is 46.3 Å². The van der Waals surface area contributed by atoms with Crippen LogP contribution in [0.25, 0.3) is 34.3 Å². The first-order valence-corrected chi connectivity index (χ1v) is 12.6. The number of aryl methyl sites for hydroxylation is 2. The van der Waals surface area contributed by atoms with Crippen molar-refractivity contribution in [2.75, 3.05) is 26.9 Å². The number of hydrogen-bond donors (Lipinski definition) is 2. The van der Waals surface area contributed by atoms with Gasteiger partial charge in [0.25, 0.3) is 0 Å². The maximum atomic E-state index is 9.95. The van der Waals surface area contributed by atoms with Gasteiger partial charge in [-0.2, -0.15) is 10.2 Å². The lowest BCUT2D eigenvalue weighted by Gasteiger charge is -2.26. The molecule has 0 saturated heterocycles. The molecule has 0 aliphatic carbocycles. The third-order valence-electron chi connectivity index (χ3n) is 6.90. The first-order chi connectivity index (χ1) is 17.8. The van der Waals surface area contributed by atoms with Gasteiger partial charge in [0, 0.05) is 25.0 Å². The highest BCUT2D eigenvalue weighted by atomic mass is 16.5. The Hall–Kier alpha value is -3.70. The van der Waals surface area contributed by atoms with Crippen LogP contribution in [0.4, 0.5) is 0 Å². The van der Waals surface area contributed by atoms with E-state index >= 15 is 0 Å². The number of nitrogens with one attached hydrogen (secondary N) is 1. The molecular formula is C26H34N8O3. The smallest absolute Gasteiger partial charge is 0.240 e. The summed E-state index contributed by atoms with van der Waals surface area (Å²) < 4.78 is 15.9. The summed E-state index contributed by atoms with van der Waals surface area (Å²) in [6.07, 6.45) is 5.76. The minimum absolute atomic E-state index is 0.0336. The second-order valence-electron chi connectivity index (χ2n) is 9.60. The number of pyridine rings is 1. The van der Waals surface area contributed by atoms with Crippen molar-refractivity contribution in [2.24, 2.45) is 7.05 Å². The molecule has 0 radical (unpaired) electrons. The van der Waals surface area contributed by atoms with Crippen LogP contribution in [0.15, 0.2) is 12.3 Å². The average molecular weight is 507 g/mol. The topological polar surface area (TPSA) is 119 Å². The monoisotopic (exact) mass is 506 g/mol. The number of H-pyrrole nitrogens is 1. The van der Waals surface area contributed by atoms with Crippen molar-refractivity contribution in [1.29, 1.82) is 0 Å². The Morgan fingerprint density at radius 3 is 2.84 bits per heavy atom. The molecule has 196 valence electrons. The van der Waals surface area contributed by atoms with Crippen LogP contribution in [0.2, 0.25) is 0 Å². The van der Waals surface area contributed by atoms with E-state index in [1.807, 2.05) is 50.7 Å². The molecule has 0 saturated carbocycles. The summed E-state index contributed by atoms with van der Waals surface area (Å²) in [5.41, 5.74) is 5.92. The standard InChI is InChI=1S/C26H34N8O3/c1-7-36-25-18-8-9-20-19-10-21(27-11-22(19)29-28-20)24-17(4)30-33(6)26(24)37-14-16(3)32(5)12-23(18)34(31-25)15(2)13-35/h8-11,15-16,35H,7,12-14H2,1-6H3,(H,28,29)/b9-8+/t15-,16+/m0/s1. The molecule has 0 spiro atoms. The first kappa shape index (κ1) is 25.0. The normalized spacial score (nSPS) is 18.1. The van der Waals surface area contributed by atoms with Crippen LogP contribution < -0.4 is 9.47 Å². The van der Waals surface area contributed by atoms with Crippen LogP contribution in [0, 0.1) is 6.92 Å². The van der Waals surface area contributed by atoms with Gasteiger partial charge in [-0.15, -0.1) is 5.10 Å². The number of ether oxygens (including phenoxy) is 2. The fourth-order valence-corrected chi connectivity index (χ4v) is 4.65. The number of likely N-dealkylation sites (N-methyl/N-ethyl adjacent to an activating group) is 1. The predicted octanol–water partition coefficient (Wildman–Crippen LogP) is 3.20. The van der Waals surface area contributed by atoms with Crippen LogP contribution in [-0.4, -0.2) is 77.7 Å². The van der Waals surface area contributed by atoms with Crippen molar-refractivity contribution in [3.8, 4) is 23.0 Å². The molecule has 11 nitrogen and oxygen atoms in total. The van der Waals surface area contributed by atoms with E-state index in [1.54, 1.807) is 10.9 Å². The number of aromatic nitrogens is 7. The Morgan fingerprint density at radius 2 is 2.08 bits per heavy atom. The average Bonchev–Trinajstić information content (AvgIpc) is 3.53. The summed E-state index contributed by atoms with van der Waals surface area (Å²) in [7, 11) is 3.94. The van der Waals surface area contributed by atoms with Crippen LogP contribution in [0.5, 0.6) is 11.8 Å². The van der Waals surface area contributed by atoms with E-state index in [1.165, 1.54) is 0 Å². The minimum atomic E-state index is -0.210. The fourth-order valence-electron chi connectivity index (χ4n) is 4.65.